The van der Waals surface area contributed by atoms with Gasteiger partial charge in [-0.25, -0.2) is 5.43 Å². The van der Waals surface area contributed by atoms with Crippen molar-refractivity contribution in [3.05, 3.63) is 51.6 Å². The Hall–Kier alpha value is -2.29. The zero-order chi connectivity index (χ0) is 17.5. The number of carbonyl (C=O) groups excluding carboxylic acids is 1. The molecule has 0 aliphatic rings. The number of hydrogen-bond acceptors (Lipinski definition) is 5. The summed E-state index contributed by atoms with van der Waals surface area (Å²) in [6, 6.07) is 12.5. The number of anilines is 1. The van der Waals surface area contributed by atoms with Gasteiger partial charge in [0.1, 0.15) is 11.5 Å². The van der Waals surface area contributed by atoms with E-state index in [1.165, 1.54) is 6.21 Å². The van der Waals surface area contributed by atoms with Gasteiger partial charge in [0, 0.05) is 25.8 Å². The highest BCUT2D eigenvalue weighted by Crippen LogP contribution is 2.20. The Morgan fingerprint density at radius 2 is 2.12 bits per heavy atom. The van der Waals surface area contributed by atoms with Crippen molar-refractivity contribution in [2.24, 2.45) is 5.10 Å². The monoisotopic (exact) mass is 439 g/mol. The van der Waals surface area contributed by atoms with Crippen molar-refractivity contribution in [1.82, 2.24) is 5.43 Å². The first-order valence-corrected chi connectivity index (χ1v) is 8.24. The van der Waals surface area contributed by atoms with E-state index in [0.717, 1.165) is 11.3 Å². The largest absolute Gasteiger partial charge is 0.507 e. The molecule has 2 aromatic rings. The number of halogens is 1. The lowest BCUT2D eigenvalue weighted by Gasteiger charge is -2.13. The molecular formula is C17H18IN3O3. The highest BCUT2D eigenvalue weighted by molar-refractivity contribution is 14.1. The van der Waals surface area contributed by atoms with Crippen LogP contribution in [0.4, 0.5) is 5.69 Å². The maximum atomic E-state index is 11.7. The van der Waals surface area contributed by atoms with Crippen molar-refractivity contribution in [2.75, 3.05) is 25.6 Å². The minimum Gasteiger partial charge on any atom is -0.507 e. The van der Waals surface area contributed by atoms with Crippen molar-refractivity contribution in [3.8, 4) is 11.5 Å². The molecule has 0 aliphatic carbocycles. The molecule has 126 valence electrons. The van der Waals surface area contributed by atoms with E-state index in [0.29, 0.717) is 9.32 Å². The van der Waals surface area contributed by atoms with Gasteiger partial charge in [-0.3, -0.25) is 4.79 Å². The summed E-state index contributed by atoms with van der Waals surface area (Å²) < 4.78 is 6.16. The number of phenolic OH excluding ortho intramolecular Hbond substituents is 1. The molecule has 0 unspecified atom stereocenters. The first kappa shape index (κ1) is 18.1. The van der Waals surface area contributed by atoms with E-state index < -0.39 is 0 Å². The molecule has 0 fully saturated rings. The highest BCUT2D eigenvalue weighted by Gasteiger charge is 2.03. The Labute approximate surface area is 154 Å². The summed E-state index contributed by atoms with van der Waals surface area (Å²) in [5, 5.41) is 13.3. The van der Waals surface area contributed by atoms with Crippen molar-refractivity contribution >= 4 is 40.4 Å². The van der Waals surface area contributed by atoms with E-state index in [2.05, 4.69) is 10.5 Å². The molecule has 7 heteroatoms. The summed E-state index contributed by atoms with van der Waals surface area (Å²) in [7, 11) is 3.87. The molecule has 2 rings (SSSR count). The van der Waals surface area contributed by atoms with Gasteiger partial charge in [0.15, 0.2) is 6.61 Å². The Morgan fingerprint density at radius 1 is 1.33 bits per heavy atom. The van der Waals surface area contributed by atoms with Gasteiger partial charge < -0.3 is 14.7 Å². The smallest absolute Gasteiger partial charge is 0.277 e. The quantitative estimate of drug-likeness (QED) is 0.413. The predicted molar refractivity (Wildman–Crippen MR) is 103 cm³/mol. The molecule has 2 aromatic carbocycles. The van der Waals surface area contributed by atoms with Gasteiger partial charge >= 0.3 is 0 Å². The number of nitrogens with zero attached hydrogens (tertiary/aromatic N) is 2. The van der Waals surface area contributed by atoms with Gasteiger partial charge in [0.2, 0.25) is 0 Å². The molecule has 24 heavy (non-hydrogen) atoms. The summed E-state index contributed by atoms with van der Waals surface area (Å²) in [6.07, 6.45) is 1.51. The van der Waals surface area contributed by atoms with Crippen molar-refractivity contribution in [3.63, 3.8) is 0 Å². The third-order valence-corrected chi connectivity index (χ3v) is 3.94. The fourth-order valence-electron chi connectivity index (χ4n) is 1.81. The Kier molecular flexibility index (Phi) is 6.42. The second kappa shape index (κ2) is 8.53. The van der Waals surface area contributed by atoms with Gasteiger partial charge in [0.25, 0.3) is 5.91 Å². The maximum Gasteiger partial charge on any atom is 0.277 e. The van der Waals surface area contributed by atoms with Crippen LogP contribution in [0.2, 0.25) is 0 Å². The van der Waals surface area contributed by atoms with Crippen LogP contribution >= 0.6 is 22.6 Å². The van der Waals surface area contributed by atoms with Gasteiger partial charge in [-0.1, -0.05) is 6.07 Å². The third kappa shape index (κ3) is 5.41. The molecular weight excluding hydrogens is 421 g/mol. The van der Waals surface area contributed by atoms with E-state index in [-0.39, 0.29) is 18.3 Å². The number of hydrazone groups is 1. The molecule has 6 nitrogen and oxygen atoms in total. The first-order chi connectivity index (χ1) is 11.5. The summed E-state index contributed by atoms with van der Waals surface area (Å²) in [6.45, 7) is -0.124. The molecule has 0 aliphatic heterocycles. The normalized spacial score (nSPS) is 10.6. The number of nitrogens with one attached hydrogen (secondary N) is 1. The third-order valence-electron chi connectivity index (χ3n) is 3.08. The zero-order valence-corrected chi connectivity index (χ0v) is 15.5. The lowest BCUT2D eigenvalue weighted by Crippen LogP contribution is -2.24. The van der Waals surface area contributed by atoms with E-state index in [1.54, 1.807) is 24.3 Å². The van der Waals surface area contributed by atoms with Crippen LogP contribution in [0.3, 0.4) is 0 Å². The first-order valence-electron chi connectivity index (χ1n) is 7.16. The molecule has 0 atom stereocenters. The SMILES string of the molecule is CN(C)c1cccc(OCC(=O)N/N=C/c2ccc(O)c(I)c2)c1. The number of amides is 1. The lowest BCUT2D eigenvalue weighted by atomic mass is 10.2. The molecule has 0 saturated heterocycles. The molecule has 0 bridgehead atoms. The highest BCUT2D eigenvalue weighted by atomic mass is 127. The lowest BCUT2D eigenvalue weighted by molar-refractivity contribution is -0.123. The van der Waals surface area contributed by atoms with Crippen LogP contribution in [0, 0.1) is 3.57 Å². The molecule has 2 N–H and O–H groups in total. The van der Waals surface area contributed by atoms with Crippen molar-refractivity contribution < 1.29 is 14.6 Å². The van der Waals surface area contributed by atoms with Crippen LogP contribution in [0.5, 0.6) is 11.5 Å². The fourth-order valence-corrected chi connectivity index (χ4v) is 2.35. The Balaban J connectivity index is 1.84. The number of rotatable bonds is 6. The van der Waals surface area contributed by atoms with E-state index in [1.807, 2.05) is 59.8 Å². The van der Waals surface area contributed by atoms with Crippen LogP contribution in [0.25, 0.3) is 0 Å². The number of ether oxygens (including phenoxy) is 1. The van der Waals surface area contributed by atoms with Gasteiger partial charge in [0.05, 0.1) is 9.78 Å². The number of aromatic hydroxyl groups is 1. The summed E-state index contributed by atoms with van der Waals surface area (Å²) in [5.74, 6) is 0.480. The second-order valence-corrected chi connectivity index (χ2v) is 6.35. The van der Waals surface area contributed by atoms with Gasteiger partial charge in [-0.05, 0) is 58.5 Å². The number of benzene rings is 2. The minimum absolute atomic E-state index is 0.124. The molecule has 1 amide bonds. The van der Waals surface area contributed by atoms with Crippen LogP contribution < -0.4 is 15.1 Å². The van der Waals surface area contributed by atoms with Gasteiger partial charge in [-0.2, -0.15) is 5.10 Å². The van der Waals surface area contributed by atoms with E-state index in [4.69, 9.17) is 4.74 Å². The minimum atomic E-state index is -0.352. The average Bonchev–Trinajstić information content (AvgIpc) is 2.56. The number of phenols is 1. The molecule has 0 heterocycles. The van der Waals surface area contributed by atoms with Gasteiger partial charge in [-0.15, -0.1) is 0 Å². The molecule has 0 radical (unpaired) electrons. The molecule has 0 saturated carbocycles. The fraction of sp³-hybridized carbons (Fsp3) is 0.176. The van der Waals surface area contributed by atoms with Crippen LogP contribution in [-0.4, -0.2) is 37.9 Å². The second-order valence-electron chi connectivity index (χ2n) is 5.18. The van der Waals surface area contributed by atoms with Crippen molar-refractivity contribution in [1.29, 1.82) is 0 Å². The Morgan fingerprint density at radius 3 is 2.83 bits per heavy atom. The predicted octanol–water partition coefficient (Wildman–Crippen LogP) is 2.59. The van der Waals surface area contributed by atoms with Crippen LogP contribution in [0.15, 0.2) is 47.6 Å². The maximum absolute atomic E-state index is 11.7. The van der Waals surface area contributed by atoms with Crippen molar-refractivity contribution in [2.45, 2.75) is 0 Å². The Bertz CT molecular complexity index is 748. The standard InChI is InChI=1S/C17H18IN3O3/c1-21(2)13-4-3-5-14(9-13)24-11-17(23)20-19-10-12-6-7-16(22)15(18)8-12/h3-10,22H,11H2,1-2H3,(H,20,23)/b19-10+. The van der Waals surface area contributed by atoms with Crippen LogP contribution in [0.1, 0.15) is 5.56 Å². The zero-order valence-electron chi connectivity index (χ0n) is 13.4. The summed E-state index contributed by atoms with van der Waals surface area (Å²) in [4.78, 5) is 13.7. The molecule has 0 spiro atoms. The number of carbonyl (C=O) groups is 1. The van der Waals surface area contributed by atoms with E-state index >= 15 is 0 Å². The average molecular weight is 439 g/mol. The van der Waals surface area contributed by atoms with Crippen LogP contribution in [-0.2, 0) is 4.79 Å². The topological polar surface area (TPSA) is 74.2 Å². The molecule has 0 aromatic heterocycles. The number of hydrogen-bond donors (Lipinski definition) is 2. The summed E-state index contributed by atoms with van der Waals surface area (Å²) in [5.41, 5.74) is 4.17. The van der Waals surface area contributed by atoms with E-state index in [9.17, 15) is 9.90 Å². The summed E-state index contributed by atoms with van der Waals surface area (Å²) >= 11 is 2.02.